The molecule has 6 rings (SSSR count). The number of hydrogen-bond acceptors (Lipinski definition) is 5. The van der Waals surface area contributed by atoms with Crippen LogP contribution in [0.3, 0.4) is 0 Å². The second kappa shape index (κ2) is 8.67. The molecule has 1 aliphatic carbocycles. The normalized spacial score (nSPS) is 30.4. The molecule has 32 heavy (non-hydrogen) atoms. The zero-order chi connectivity index (χ0) is 22.1. The predicted molar refractivity (Wildman–Crippen MR) is 117 cm³/mol. The number of para-hydroxylation sites is 1. The maximum atomic E-state index is 12.1. The predicted octanol–water partition coefficient (Wildman–Crippen LogP) is 2.08. The summed E-state index contributed by atoms with van der Waals surface area (Å²) < 4.78 is 8.51. The Morgan fingerprint density at radius 1 is 1.28 bits per heavy atom. The Hall–Kier alpha value is -2.71. The van der Waals surface area contributed by atoms with Crippen LogP contribution in [-0.2, 0) is 20.9 Å². The van der Waals surface area contributed by atoms with Crippen molar-refractivity contribution in [2.45, 2.75) is 43.9 Å². The fraction of sp³-hybridized carbons (Fsp3) is 0.542. The third-order valence-electron chi connectivity index (χ3n) is 7.45. The van der Waals surface area contributed by atoms with Gasteiger partial charge in [0.15, 0.2) is 0 Å². The van der Waals surface area contributed by atoms with Crippen LogP contribution in [0.5, 0.6) is 0 Å². The number of nitrogens with zero attached hydrogens (tertiary/aromatic N) is 3. The fourth-order valence-electron chi connectivity index (χ4n) is 5.91. The lowest BCUT2D eigenvalue weighted by Gasteiger charge is -2.29. The molecule has 0 radical (unpaired) electrons. The zero-order valence-electron chi connectivity index (χ0n) is 18.1. The van der Waals surface area contributed by atoms with E-state index in [1.807, 2.05) is 23.1 Å². The van der Waals surface area contributed by atoms with Crippen molar-refractivity contribution < 1.29 is 19.4 Å². The average molecular weight is 439 g/mol. The van der Waals surface area contributed by atoms with Gasteiger partial charge in [0.1, 0.15) is 0 Å². The number of ether oxygens (including phenoxy) is 1. The third kappa shape index (κ3) is 3.93. The molecule has 170 valence electrons. The summed E-state index contributed by atoms with van der Waals surface area (Å²) in [6, 6.07) is 10.5. The minimum atomic E-state index is -0.250. The highest BCUT2D eigenvalue weighted by molar-refractivity contribution is 5.80. The van der Waals surface area contributed by atoms with Gasteiger partial charge in [0.2, 0.25) is 5.91 Å². The molecule has 1 aromatic heterocycles. The molecule has 4 fully saturated rings. The molecule has 4 heterocycles. The fourth-order valence-corrected chi connectivity index (χ4v) is 5.91. The van der Waals surface area contributed by atoms with Crippen LogP contribution in [0.1, 0.15) is 31.2 Å². The summed E-state index contributed by atoms with van der Waals surface area (Å²) in [4.78, 5) is 23.1. The van der Waals surface area contributed by atoms with Crippen LogP contribution >= 0.6 is 0 Å². The number of aromatic nitrogens is 2. The first kappa shape index (κ1) is 21.2. The van der Waals surface area contributed by atoms with Crippen molar-refractivity contribution in [3.63, 3.8) is 0 Å². The number of carbonyl (C=O) groups excluding carboxylic acids is 1. The quantitative estimate of drug-likeness (QED) is 0.671. The van der Waals surface area contributed by atoms with Gasteiger partial charge >= 0.3 is 0 Å². The van der Waals surface area contributed by atoms with Crippen LogP contribution in [0.15, 0.2) is 42.7 Å². The Balaban J connectivity index is 0.000000684. The highest BCUT2D eigenvalue weighted by atomic mass is 16.5. The van der Waals surface area contributed by atoms with E-state index >= 15 is 0 Å². The van der Waals surface area contributed by atoms with Crippen molar-refractivity contribution in [2.24, 2.45) is 17.8 Å². The van der Waals surface area contributed by atoms with Gasteiger partial charge in [-0.1, -0.05) is 18.2 Å². The molecule has 2 N–H and O–H groups in total. The van der Waals surface area contributed by atoms with Crippen molar-refractivity contribution in [3.8, 4) is 5.69 Å². The molecule has 3 saturated heterocycles. The van der Waals surface area contributed by atoms with Gasteiger partial charge in [0, 0.05) is 56.3 Å². The Morgan fingerprint density at radius 3 is 2.84 bits per heavy atom. The van der Waals surface area contributed by atoms with Crippen LogP contribution < -0.4 is 5.32 Å². The number of rotatable bonds is 6. The van der Waals surface area contributed by atoms with Crippen molar-refractivity contribution >= 4 is 12.4 Å². The van der Waals surface area contributed by atoms with Crippen LogP contribution in [-0.4, -0.2) is 63.5 Å². The number of hydrogen-bond donors (Lipinski definition) is 2. The van der Waals surface area contributed by atoms with E-state index in [1.54, 1.807) is 0 Å². The van der Waals surface area contributed by atoms with E-state index in [0.29, 0.717) is 17.9 Å². The van der Waals surface area contributed by atoms with E-state index in [4.69, 9.17) is 14.6 Å². The summed E-state index contributed by atoms with van der Waals surface area (Å²) in [6.45, 7) is 3.48. The van der Waals surface area contributed by atoms with Crippen LogP contribution in [0.25, 0.3) is 5.69 Å². The monoisotopic (exact) mass is 438 g/mol. The second-order valence-corrected chi connectivity index (χ2v) is 9.40. The lowest BCUT2D eigenvalue weighted by Crippen LogP contribution is -2.42. The molecule has 8 heteroatoms. The zero-order valence-corrected chi connectivity index (χ0v) is 18.1. The first-order valence-corrected chi connectivity index (χ1v) is 11.5. The van der Waals surface area contributed by atoms with Crippen molar-refractivity contribution in [3.05, 3.63) is 48.3 Å². The molecule has 8 nitrogen and oxygen atoms in total. The highest BCUT2D eigenvalue weighted by Gasteiger charge is 2.62. The molecule has 4 aliphatic rings. The summed E-state index contributed by atoms with van der Waals surface area (Å²) in [5.74, 6) is 1.52. The molecule has 2 aromatic rings. The van der Waals surface area contributed by atoms with E-state index in [0.717, 1.165) is 57.5 Å². The Bertz CT molecular complexity index is 961. The van der Waals surface area contributed by atoms with Crippen molar-refractivity contribution in [2.75, 3.05) is 19.6 Å². The molecular weight excluding hydrogens is 408 g/mol. The van der Waals surface area contributed by atoms with Crippen LogP contribution in [0.4, 0.5) is 0 Å². The SMILES string of the molecule is O=C(NC[C@H]1[C@H]2CN(Cc3ccccc3-n3cccn3)C[C@]23CC[C@H]1O3)C1CC1.O=CO. The third-order valence-corrected chi connectivity index (χ3v) is 7.45. The van der Waals surface area contributed by atoms with Gasteiger partial charge in [0.25, 0.3) is 6.47 Å². The smallest absolute Gasteiger partial charge is 0.290 e. The average Bonchev–Trinajstić information content (AvgIpc) is 3.13. The van der Waals surface area contributed by atoms with E-state index in [1.165, 1.54) is 5.56 Å². The van der Waals surface area contributed by atoms with Crippen LogP contribution in [0, 0.1) is 17.8 Å². The number of likely N-dealkylation sites (tertiary alicyclic amines) is 1. The Labute approximate surface area is 187 Å². The van der Waals surface area contributed by atoms with Crippen molar-refractivity contribution in [1.82, 2.24) is 20.0 Å². The van der Waals surface area contributed by atoms with Gasteiger partial charge in [-0.25, -0.2) is 4.68 Å². The number of nitrogens with one attached hydrogen (secondary N) is 1. The molecule has 0 unspecified atom stereocenters. The molecule has 4 atom stereocenters. The minimum absolute atomic E-state index is 0.000283. The van der Waals surface area contributed by atoms with Gasteiger partial charge < -0.3 is 15.2 Å². The minimum Gasteiger partial charge on any atom is -0.483 e. The maximum absolute atomic E-state index is 12.1. The van der Waals surface area contributed by atoms with E-state index in [2.05, 4.69) is 39.6 Å². The summed E-state index contributed by atoms with van der Waals surface area (Å²) in [5.41, 5.74) is 2.44. The molecular formula is C24H30N4O4. The maximum Gasteiger partial charge on any atom is 0.290 e. The molecule has 3 aliphatic heterocycles. The van der Waals surface area contributed by atoms with Gasteiger partial charge in [-0.15, -0.1) is 0 Å². The number of fused-ring (bicyclic) bond motifs is 1. The lowest BCUT2D eigenvalue weighted by molar-refractivity contribution is -0.123. The summed E-state index contributed by atoms with van der Waals surface area (Å²) in [5, 5.41) is 14.5. The van der Waals surface area contributed by atoms with Crippen LogP contribution in [0.2, 0.25) is 0 Å². The van der Waals surface area contributed by atoms with Gasteiger partial charge in [0.05, 0.1) is 17.4 Å². The number of amides is 1. The summed E-state index contributed by atoms with van der Waals surface area (Å²) in [6.07, 6.45) is 8.58. The standard InChI is InChI=1S/C23H28N4O2.CH2O2/c28-22(16-6-7-16)24-12-18-19-14-26(15-23(19)9-8-21(18)29-23)13-17-4-1-2-5-20(17)27-11-3-10-25-27;2-1-3/h1-5,10-11,16,18-19,21H,6-9,12-15H2,(H,24,28);1H,(H,2,3)/t18-,19+,21+,23+;/m0./s1. The molecule has 1 spiro atoms. The largest absolute Gasteiger partial charge is 0.483 e. The second-order valence-electron chi connectivity index (χ2n) is 9.40. The van der Waals surface area contributed by atoms with E-state index in [-0.39, 0.29) is 23.9 Å². The lowest BCUT2D eigenvalue weighted by atomic mass is 9.73. The van der Waals surface area contributed by atoms with Gasteiger partial charge in [-0.05, 0) is 43.4 Å². The number of carboxylic acid groups (broad SMARTS) is 1. The molecule has 1 saturated carbocycles. The molecule has 1 amide bonds. The molecule has 1 aromatic carbocycles. The van der Waals surface area contributed by atoms with Gasteiger partial charge in [-0.2, -0.15) is 5.10 Å². The Kier molecular flexibility index (Phi) is 5.73. The molecule has 2 bridgehead atoms. The van der Waals surface area contributed by atoms with E-state index < -0.39 is 0 Å². The Morgan fingerprint density at radius 2 is 2.09 bits per heavy atom. The number of benzene rings is 1. The van der Waals surface area contributed by atoms with Gasteiger partial charge in [-0.3, -0.25) is 14.5 Å². The summed E-state index contributed by atoms with van der Waals surface area (Å²) in [7, 11) is 0. The highest BCUT2D eigenvalue weighted by Crippen LogP contribution is 2.54. The first-order valence-electron chi connectivity index (χ1n) is 11.5. The number of carbonyl (C=O) groups is 2. The van der Waals surface area contributed by atoms with Crippen molar-refractivity contribution in [1.29, 1.82) is 0 Å². The topological polar surface area (TPSA) is 96.7 Å². The summed E-state index contributed by atoms with van der Waals surface area (Å²) >= 11 is 0. The first-order chi connectivity index (χ1) is 15.6. The van der Waals surface area contributed by atoms with E-state index in [9.17, 15) is 4.79 Å².